The Labute approximate surface area is 274 Å². The Morgan fingerprint density at radius 3 is 2.11 bits per heavy atom. The highest BCUT2D eigenvalue weighted by molar-refractivity contribution is 8.00. The fourth-order valence-electron chi connectivity index (χ4n) is 8.57. The number of hydrogen-bond acceptors (Lipinski definition) is 2. The normalized spacial score (nSPS) is 14.5. The fraction of sp³-hybridized carbons (Fsp3) is 0.0952. The molecule has 0 radical (unpaired) electrons. The van der Waals surface area contributed by atoms with Crippen molar-refractivity contribution < 1.29 is 0 Å². The van der Waals surface area contributed by atoms with Crippen LogP contribution in [0.5, 0.6) is 0 Å². The molecule has 0 spiro atoms. The van der Waals surface area contributed by atoms with Crippen molar-refractivity contribution in [2.24, 2.45) is 0 Å². The molecule has 6 aromatic carbocycles. The first-order chi connectivity index (χ1) is 22.5. The van der Waals surface area contributed by atoms with Gasteiger partial charge in [0.2, 0.25) is 6.71 Å². The summed E-state index contributed by atoms with van der Waals surface area (Å²) in [6.45, 7) is 7.34. The number of para-hydroxylation sites is 3. The molecule has 0 amide bonds. The molecule has 2 aliphatic heterocycles. The van der Waals surface area contributed by atoms with Gasteiger partial charge in [-0.05, 0) is 89.1 Å². The molecular formula is C42H31BN2S. The molecule has 4 heteroatoms. The van der Waals surface area contributed by atoms with Crippen molar-refractivity contribution in [2.75, 3.05) is 4.90 Å². The van der Waals surface area contributed by atoms with Gasteiger partial charge in [-0.25, -0.2) is 0 Å². The first-order valence-corrected chi connectivity index (χ1v) is 17.0. The van der Waals surface area contributed by atoms with Crippen molar-refractivity contribution in [3.8, 4) is 16.9 Å². The average Bonchev–Trinajstić information content (AvgIpc) is 3.55. The molecule has 0 atom stereocenters. The summed E-state index contributed by atoms with van der Waals surface area (Å²) in [5.74, 6) is 0. The van der Waals surface area contributed by atoms with Gasteiger partial charge in [-0.2, -0.15) is 0 Å². The lowest BCUT2D eigenvalue weighted by Gasteiger charge is -2.34. The van der Waals surface area contributed by atoms with Gasteiger partial charge >= 0.3 is 0 Å². The predicted molar refractivity (Wildman–Crippen MR) is 195 cm³/mol. The Kier molecular flexibility index (Phi) is 5.32. The number of rotatable bonds is 3. The summed E-state index contributed by atoms with van der Waals surface area (Å²) in [4.78, 5) is 5.14. The predicted octanol–water partition coefficient (Wildman–Crippen LogP) is 9.01. The van der Waals surface area contributed by atoms with Gasteiger partial charge in [0, 0.05) is 54.4 Å². The Morgan fingerprint density at radius 1 is 0.652 bits per heavy atom. The maximum absolute atomic E-state index is 2.64. The lowest BCUT2D eigenvalue weighted by Crippen LogP contribution is -2.58. The Bertz CT molecular complexity index is 2350. The number of aryl methyl sites for hydroxylation is 1. The van der Waals surface area contributed by atoms with E-state index in [4.69, 9.17) is 0 Å². The third-order valence-electron chi connectivity index (χ3n) is 10.4. The van der Waals surface area contributed by atoms with Crippen molar-refractivity contribution in [2.45, 2.75) is 36.0 Å². The number of aromatic nitrogens is 1. The Morgan fingerprint density at radius 2 is 1.35 bits per heavy atom. The molecule has 1 aromatic heterocycles. The monoisotopic (exact) mass is 606 g/mol. The van der Waals surface area contributed by atoms with Crippen LogP contribution in [0.25, 0.3) is 27.8 Å². The second kappa shape index (κ2) is 9.31. The number of nitrogens with zero attached hydrogens (tertiary/aromatic N) is 2. The van der Waals surface area contributed by atoms with E-state index >= 15 is 0 Å². The lowest BCUT2D eigenvalue weighted by atomic mass is 9.35. The molecule has 1 aliphatic carbocycles. The van der Waals surface area contributed by atoms with Crippen LogP contribution < -0.4 is 21.3 Å². The van der Waals surface area contributed by atoms with E-state index in [1.54, 1.807) is 0 Å². The zero-order valence-electron chi connectivity index (χ0n) is 26.1. The minimum absolute atomic E-state index is 0.179. The smallest absolute Gasteiger partial charge is 0.249 e. The van der Waals surface area contributed by atoms with Crippen molar-refractivity contribution in [3.63, 3.8) is 0 Å². The molecule has 3 heterocycles. The van der Waals surface area contributed by atoms with Crippen LogP contribution in [0.1, 0.15) is 30.5 Å². The topological polar surface area (TPSA) is 8.17 Å². The quantitative estimate of drug-likeness (QED) is 0.186. The number of hydrogen-bond donors (Lipinski definition) is 0. The van der Waals surface area contributed by atoms with E-state index in [-0.39, 0.29) is 12.1 Å². The second-order valence-electron chi connectivity index (χ2n) is 13.4. The molecule has 10 rings (SSSR count). The highest BCUT2D eigenvalue weighted by Gasteiger charge is 2.46. The van der Waals surface area contributed by atoms with E-state index in [1.807, 2.05) is 11.8 Å². The molecule has 2 nitrogen and oxygen atoms in total. The maximum atomic E-state index is 2.64. The van der Waals surface area contributed by atoms with Gasteiger partial charge < -0.3 is 9.47 Å². The van der Waals surface area contributed by atoms with Crippen molar-refractivity contribution in [3.05, 3.63) is 150 Å². The lowest BCUT2D eigenvalue weighted by molar-refractivity contribution is 0.666. The standard InChI is InChI=1S/C42H31BN2S/c1-26-23-35-39-37(24-26)46-36-20-11-10-18-33(36)43(39)34-19-12-17-31-38-41(45(35)40(31)34)30-22-21-29(25-32(30)42(38,2)3)44(27-13-6-4-7-14-27)28-15-8-5-9-16-28/h4-25H,1-3H3. The summed E-state index contributed by atoms with van der Waals surface area (Å²) in [6, 6.07) is 49.5. The Hall–Kier alpha value is -4.93. The molecule has 0 saturated carbocycles. The van der Waals surface area contributed by atoms with E-state index in [9.17, 15) is 0 Å². The third-order valence-corrected chi connectivity index (χ3v) is 11.6. The summed E-state index contributed by atoms with van der Waals surface area (Å²) in [6.07, 6.45) is 0. The van der Waals surface area contributed by atoms with E-state index in [2.05, 4.69) is 164 Å². The first-order valence-electron chi connectivity index (χ1n) is 16.2. The molecule has 0 N–H and O–H groups in total. The molecule has 0 fully saturated rings. The SMILES string of the molecule is Cc1cc2c3c(c1)-n1c4c(c5cccc(c51)B3c1ccccc1S2)C(C)(C)c1cc(N(c2ccccc2)c2ccccc2)ccc1-4. The maximum Gasteiger partial charge on any atom is 0.249 e. The summed E-state index contributed by atoms with van der Waals surface area (Å²) < 4.78 is 2.64. The van der Waals surface area contributed by atoms with Crippen molar-refractivity contribution >= 4 is 62.8 Å². The van der Waals surface area contributed by atoms with E-state index in [0.717, 1.165) is 11.4 Å². The molecule has 0 saturated heterocycles. The summed E-state index contributed by atoms with van der Waals surface area (Å²) in [7, 11) is 0. The van der Waals surface area contributed by atoms with Crippen LogP contribution in [0.2, 0.25) is 0 Å². The highest BCUT2D eigenvalue weighted by Crippen LogP contribution is 2.55. The van der Waals surface area contributed by atoms with E-state index < -0.39 is 0 Å². The van der Waals surface area contributed by atoms with Crippen LogP contribution >= 0.6 is 11.8 Å². The fourth-order valence-corrected chi connectivity index (χ4v) is 9.84. The minimum Gasteiger partial charge on any atom is -0.310 e. The van der Waals surface area contributed by atoms with Crippen LogP contribution in [0.15, 0.2) is 143 Å². The summed E-state index contributed by atoms with van der Waals surface area (Å²) in [5.41, 5.74) is 17.2. The third kappa shape index (κ3) is 3.40. The summed E-state index contributed by atoms with van der Waals surface area (Å²) >= 11 is 1.93. The number of benzene rings is 6. The second-order valence-corrected chi connectivity index (χ2v) is 14.5. The van der Waals surface area contributed by atoms with Gasteiger partial charge in [-0.3, -0.25) is 0 Å². The van der Waals surface area contributed by atoms with Crippen molar-refractivity contribution in [1.82, 2.24) is 4.57 Å². The molecule has 3 aliphatic rings. The van der Waals surface area contributed by atoms with Gasteiger partial charge in [-0.1, -0.05) is 110 Å². The van der Waals surface area contributed by atoms with Gasteiger partial charge in [0.15, 0.2) is 0 Å². The molecular weight excluding hydrogens is 575 g/mol. The summed E-state index contributed by atoms with van der Waals surface area (Å²) in [5, 5.41) is 1.38. The first kappa shape index (κ1) is 26.3. The van der Waals surface area contributed by atoms with Gasteiger partial charge in [0.1, 0.15) is 0 Å². The van der Waals surface area contributed by atoms with Crippen LogP contribution in [0, 0.1) is 6.92 Å². The average molecular weight is 607 g/mol. The van der Waals surface area contributed by atoms with Gasteiger partial charge in [0.25, 0.3) is 0 Å². The molecule has 46 heavy (non-hydrogen) atoms. The minimum atomic E-state index is -0.179. The van der Waals surface area contributed by atoms with Gasteiger partial charge in [0.05, 0.1) is 5.69 Å². The van der Waals surface area contributed by atoms with E-state index in [0.29, 0.717) is 0 Å². The van der Waals surface area contributed by atoms with Crippen LogP contribution in [0.4, 0.5) is 17.1 Å². The zero-order chi connectivity index (χ0) is 30.7. The Balaban J connectivity index is 1.26. The largest absolute Gasteiger partial charge is 0.310 e. The van der Waals surface area contributed by atoms with Crippen LogP contribution in [-0.2, 0) is 5.41 Å². The number of fused-ring (bicyclic) bond motifs is 9. The zero-order valence-corrected chi connectivity index (χ0v) is 26.9. The molecule has 7 aromatic rings. The van der Waals surface area contributed by atoms with Crippen LogP contribution in [-0.4, -0.2) is 11.3 Å². The van der Waals surface area contributed by atoms with Gasteiger partial charge in [-0.15, -0.1) is 0 Å². The van der Waals surface area contributed by atoms with Crippen molar-refractivity contribution in [1.29, 1.82) is 0 Å². The molecule has 0 bridgehead atoms. The molecule has 0 unspecified atom stereocenters. The van der Waals surface area contributed by atoms with Crippen LogP contribution in [0.3, 0.4) is 0 Å². The van der Waals surface area contributed by atoms with E-state index in [1.165, 1.54) is 76.4 Å². The number of anilines is 3. The molecule has 218 valence electrons. The highest BCUT2D eigenvalue weighted by atomic mass is 32.2.